The van der Waals surface area contributed by atoms with Crippen molar-refractivity contribution in [2.75, 3.05) is 25.5 Å². The van der Waals surface area contributed by atoms with Crippen LogP contribution < -0.4 is 10.6 Å². The SMILES string of the molecule is Cc1cccc2cnc(Nc3ccc(C(=O)NC4CCN(C)CC4)nc3)nc12. The second-order valence-corrected chi connectivity index (χ2v) is 7.31. The van der Waals surface area contributed by atoms with Gasteiger partial charge >= 0.3 is 0 Å². The molecule has 0 unspecified atom stereocenters. The van der Waals surface area contributed by atoms with E-state index < -0.39 is 0 Å². The minimum absolute atomic E-state index is 0.126. The number of rotatable bonds is 4. The number of fused-ring (bicyclic) bond motifs is 1. The van der Waals surface area contributed by atoms with Gasteiger partial charge in [-0.2, -0.15) is 0 Å². The topological polar surface area (TPSA) is 83.0 Å². The Morgan fingerprint density at radius 2 is 1.93 bits per heavy atom. The molecule has 7 heteroatoms. The van der Waals surface area contributed by atoms with Crippen LogP contribution >= 0.6 is 0 Å². The van der Waals surface area contributed by atoms with Crippen molar-refractivity contribution < 1.29 is 4.79 Å². The van der Waals surface area contributed by atoms with Gasteiger partial charge in [-0.3, -0.25) is 4.79 Å². The number of nitrogens with zero attached hydrogens (tertiary/aromatic N) is 4. The Morgan fingerprint density at radius 3 is 2.68 bits per heavy atom. The van der Waals surface area contributed by atoms with E-state index in [-0.39, 0.29) is 11.9 Å². The third-order valence-corrected chi connectivity index (χ3v) is 5.12. The summed E-state index contributed by atoms with van der Waals surface area (Å²) in [6.07, 6.45) is 5.38. The van der Waals surface area contributed by atoms with E-state index in [2.05, 4.69) is 37.5 Å². The first kappa shape index (κ1) is 18.3. The molecule has 1 aromatic carbocycles. The third kappa shape index (κ3) is 4.09. The summed E-state index contributed by atoms with van der Waals surface area (Å²) in [5.41, 5.74) is 3.17. The van der Waals surface area contributed by atoms with Crippen molar-refractivity contribution in [2.24, 2.45) is 0 Å². The van der Waals surface area contributed by atoms with Gasteiger partial charge in [0.2, 0.25) is 5.95 Å². The molecule has 1 aliphatic rings. The summed E-state index contributed by atoms with van der Waals surface area (Å²) in [5, 5.41) is 7.24. The summed E-state index contributed by atoms with van der Waals surface area (Å²) < 4.78 is 0. The Kier molecular flexibility index (Phi) is 5.16. The van der Waals surface area contributed by atoms with Crippen LogP contribution in [-0.4, -0.2) is 51.9 Å². The van der Waals surface area contributed by atoms with Crippen molar-refractivity contribution in [2.45, 2.75) is 25.8 Å². The van der Waals surface area contributed by atoms with E-state index in [4.69, 9.17) is 0 Å². The number of hydrogen-bond acceptors (Lipinski definition) is 6. The molecular formula is C21H24N6O. The summed E-state index contributed by atoms with van der Waals surface area (Å²) in [6, 6.07) is 9.77. The highest BCUT2D eigenvalue weighted by Gasteiger charge is 2.19. The van der Waals surface area contributed by atoms with Crippen LogP contribution in [0.5, 0.6) is 0 Å². The van der Waals surface area contributed by atoms with Gasteiger partial charge in [-0.1, -0.05) is 18.2 Å². The lowest BCUT2D eigenvalue weighted by Crippen LogP contribution is -2.43. The number of piperidine rings is 1. The maximum atomic E-state index is 12.4. The van der Waals surface area contributed by atoms with Gasteiger partial charge in [0.25, 0.3) is 5.91 Å². The second-order valence-electron chi connectivity index (χ2n) is 7.31. The Labute approximate surface area is 164 Å². The summed E-state index contributed by atoms with van der Waals surface area (Å²) >= 11 is 0. The molecule has 0 saturated carbocycles. The van der Waals surface area contributed by atoms with Crippen molar-refractivity contribution in [3.05, 3.63) is 54.0 Å². The number of nitrogens with one attached hydrogen (secondary N) is 2. The van der Waals surface area contributed by atoms with E-state index in [9.17, 15) is 4.79 Å². The maximum Gasteiger partial charge on any atom is 0.270 e. The molecule has 0 radical (unpaired) electrons. The van der Waals surface area contributed by atoms with Gasteiger partial charge in [-0.05, 0) is 57.6 Å². The zero-order chi connectivity index (χ0) is 19.5. The summed E-state index contributed by atoms with van der Waals surface area (Å²) in [7, 11) is 2.10. The molecule has 28 heavy (non-hydrogen) atoms. The number of likely N-dealkylation sites (tertiary alicyclic amines) is 1. The molecule has 0 atom stereocenters. The van der Waals surface area contributed by atoms with E-state index in [1.807, 2.05) is 31.2 Å². The molecule has 4 rings (SSSR count). The molecule has 1 fully saturated rings. The van der Waals surface area contributed by atoms with Crippen molar-refractivity contribution >= 4 is 28.4 Å². The van der Waals surface area contributed by atoms with E-state index in [1.54, 1.807) is 18.5 Å². The summed E-state index contributed by atoms with van der Waals surface area (Å²) in [4.78, 5) is 27.9. The minimum Gasteiger partial charge on any atom is -0.348 e. The Morgan fingerprint density at radius 1 is 1.11 bits per heavy atom. The number of hydrogen-bond donors (Lipinski definition) is 2. The number of carbonyl (C=O) groups excluding carboxylic acids is 1. The number of amides is 1. The third-order valence-electron chi connectivity index (χ3n) is 5.12. The molecule has 2 aromatic heterocycles. The van der Waals surface area contributed by atoms with Gasteiger partial charge in [0.15, 0.2) is 0 Å². The van der Waals surface area contributed by atoms with E-state index in [0.29, 0.717) is 11.6 Å². The highest BCUT2D eigenvalue weighted by Crippen LogP contribution is 2.19. The van der Waals surface area contributed by atoms with Crippen molar-refractivity contribution in [1.29, 1.82) is 0 Å². The van der Waals surface area contributed by atoms with Crippen molar-refractivity contribution in [1.82, 2.24) is 25.2 Å². The van der Waals surface area contributed by atoms with Gasteiger partial charge in [0.05, 0.1) is 17.4 Å². The van der Waals surface area contributed by atoms with Crippen LogP contribution in [0, 0.1) is 6.92 Å². The van der Waals surface area contributed by atoms with Crippen molar-refractivity contribution in [3.63, 3.8) is 0 Å². The summed E-state index contributed by atoms with van der Waals surface area (Å²) in [6.45, 7) is 4.04. The van der Waals surface area contributed by atoms with Crippen LogP contribution in [0.3, 0.4) is 0 Å². The Hall–Kier alpha value is -3.06. The monoisotopic (exact) mass is 376 g/mol. The van der Waals surface area contributed by atoms with Gasteiger partial charge in [-0.25, -0.2) is 15.0 Å². The molecule has 1 saturated heterocycles. The summed E-state index contributed by atoms with van der Waals surface area (Å²) in [5.74, 6) is 0.380. The molecule has 0 spiro atoms. The highest BCUT2D eigenvalue weighted by molar-refractivity contribution is 5.92. The number of pyridine rings is 1. The quantitative estimate of drug-likeness (QED) is 0.729. The molecule has 144 valence electrons. The lowest BCUT2D eigenvalue weighted by Gasteiger charge is -2.29. The average Bonchev–Trinajstić information content (AvgIpc) is 2.71. The largest absolute Gasteiger partial charge is 0.348 e. The van der Waals surface area contributed by atoms with E-state index >= 15 is 0 Å². The van der Waals surface area contributed by atoms with Crippen LogP contribution in [0.2, 0.25) is 0 Å². The number of anilines is 2. The predicted octanol–water partition coefficient (Wildman–Crippen LogP) is 2.90. The van der Waals surface area contributed by atoms with Gasteiger partial charge < -0.3 is 15.5 Å². The zero-order valence-electron chi connectivity index (χ0n) is 16.1. The number of benzene rings is 1. The van der Waals surface area contributed by atoms with Crippen LogP contribution in [0.1, 0.15) is 28.9 Å². The fourth-order valence-corrected chi connectivity index (χ4v) is 3.41. The van der Waals surface area contributed by atoms with Crippen molar-refractivity contribution in [3.8, 4) is 0 Å². The minimum atomic E-state index is -0.126. The number of aromatic nitrogens is 3. The average molecular weight is 376 g/mol. The van der Waals surface area contributed by atoms with Crippen LogP contribution in [-0.2, 0) is 0 Å². The molecule has 1 aliphatic heterocycles. The molecule has 0 bridgehead atoms. The molecule has 7 nitrogen and oxygen atoms in total. The molecule has 1 amide bonds. The van der Waals surface area contributed by atoms with Crippen LogP contribution in [0.15, 0.2) is 42.7 Å². The Bertz CT molecular complexity index is 980. The molecular weight excluding hydrogens is 352 g/mol. The molecule has 3 heterocycles. The maximum absolute atomic E-state index is 12.4. The first-order valence-electron chi connectivity index (χ1n) is 9.53. The van der Waals surface area contributed by atoms with Crippen LogP contribution in [0.4, 0.5) is 11.6 Å². The molecule has 0 aliphatic carbocycles. The number of aryl methyl sites for hydroxylation is 1. The first-order valence-corrected chi connectivity index (χ1v) is 9.53. The van der Waals surface area contributed by atoms with Gasteiger partial charge in [-0.15, -0.1) is 0 Å². The highest BCUT2D eigenvalue weighted by atomic mass is 16.1. The van der Waals surface area contributed by atoms with Gasteiger partial charge in [0.1, 0.15) is 5.69 Å². The van der Waals surface area contributed by atoms with Gasteiger partial charge in [0, 0.05) is 17.6 Å². The Balaban J connectivity index is 1.42. The fourth-order valence-electron chi connectivity index (χ4n) is 3.41. The zero-order valence-corrected chi connectivity index (χ0v) is 16.1. The second kappa shape index (κ2) is 7.90. The predicted molar refractivity (Wildman–Crippen MR) is 110 cm³/mol. The number of para-hydroxylation sites is 1. The van der Waals surface area contributed by atoms with E-state index in [1.165, 1.54) is 0 Å². The standard InChI is InChI=1S/C21H24N6O/c1-14-4-3-5-15-12-23-21(26-19(14)15)25-17-6-7-18(22-13-17)20(28)24-16-8-10-27(2)11-9-16/h3-7,12-13,16H,8-11H2,1-2H3,(H,24,28)(H,23,25,26). The van der Waals surface area contributed by atoms with Crippen LogP contribution in [0.25, 0.3) is 10.9 Å². The molecule has 3 aromatic rings. The normalized spacial score (nSPS) is 15.5. The smallest absolute Gasteiger partial charge is 0.270 e. The lowest BCUT2D eigenvalue weighted by atomic mass is 10.1. The lowest BCUT2D eigenvalue weighted by molar-refractivity contribution is 0.0912. The van der Waals surface area contributed by atoms with E-state index in [0.717, 1.165) is 48.1 Å². The molecule has 2 N–H and O–H groups in total. The first-order chi connectivity index (χ1) is 13.6. The number of carbonyl (C=O) groups is 1. The fraction of sp³-hybridized carbons (Fsp3) is 0.333.